The van der Waals surface area contributed by atoms with Crippen molar-refractivity contribution >= 4 is 0 Å². The molecule has 78 valence electrons. The van der Waals surface area contributed by atoms with E-state index in [1.165, 1.54) is 0 Å². The summed E-state index contributed by atoms with van der Waals surface area (Å²) in [6, 6.07) is 0. The number of hydrogen-bond donors (Lipinski definition) is 5. The zero-order valence-electron chi connectivity index (χ0n) is 6.65. The number of rotatable bonds is 2. The topological polar surface area (TPSA) is 120 Å². The molecule has 5 atom stereocenters. The molecular weight excluding hydrogens is 184 g/mol. The Morgan fingerprint density at radius 3 is 2.23 bits per heavy atom. The first-order valence-corrected chi connectivity index (χ1v) is 3.72. The van der Waals surface area contributed by atoms with Crippen LogP contribution in [0.5, 0.6) is 0 Å². The molecule has 7 nitrogen and oxygen atoms in total. The Balaban J connectivity index is 2.66. The van der Waals surface area contributed by atoms with Crippen molar-refractivity contribution in [1.29, 1.82) is 0 Å². The summed E-state index contributed by atoms with van der Waals surface area (Å²) in [5.41, 5.74) is 0. The molecule has 1 rings (SSSR count). The van der Waals surface area contributed by atoms with Crippen LogP contribution in [0.25, 0.3) is 0 Å². The third-order valence-electron chi connectivity index (χ3n) is 1.96. The average molecular weight is 196 g/mol. The molecule has 1 fully saturated rings. The Kier molecular flexibility index (Phi) is 3.56. The number of aliphatic hydroxyl groups is 4. The molecule has 0 spiro atoms. The van der Waals surface area contributed by atoms with E-state index in [9.17, 15) is 10.2 Å². The summed E-state index contributed by atoms with van der Waals surface area (Å²) < 4.78 is 4.63. The molecule has 1 heterocycles. The summed E-state index contributed by atoms with van der Waals surface area (Å²) in [4.78, 5) is 3.71. The average Bonchev–Trinajstić information content (AvgIpc) is 2.12. The van der Waals surface area contributed by atoms with E-state index in [0.29, 0.717) is 0 Å². The van der Waals surface area contributed by atoms with Crippen LogP contribution in [-0.2, 0) is 9.62 Å². The highest BCUT2D eigenvalue weighted by Gasteiger charge is 2.44. The van der Waals surface area contributed by atoms with Crippen molar-refractivity contribution in [2.75, 3.05) is 6.61 Å². The minimum atomic E-state index is -1.58. The third kappa shape index (κ3) is 1.97. The van der Waals surface area contributed by atoms with Gasteiger partial charge in [-0.05, 0) is 0 Å². The number of ether oxygens (including phenoxy) is 1. The third-order valence-corrected chi connectivity index (χ3v) is 1.96. The molecule has 0 aliphatic carbocycles. The van der Waals surface area contributed by atoms with Crippen molar-refractivity contribution in [3.63, 3.8) is 0 Å². The predicted octanol–water partition coefficient (Wildman–Crippen LogP) is -2.72. The lowest BCUT2D eigenvalue weighted by atomic mass is 9.99. The standard InChI is InChI=1S/C6H12O7/c7-1-2-3(8)4(9)5(13-11)6(10)12-2/h2-11H,1H2. The lowest BCUT2D eigenvalue weighted by Gasteiger charge is -2.38. The molecule has 5 unspecified atom stereocenters. The van der Waals surface area contributed by atoms with Gasteiger partial charge in [-0.3, -0.25) is 5.26 Å². The van der Waals surface area contributed by atoms with Gasteiger partial charge < -0.3 is 25.2 Å². The van der Waals surface area contributed by atoms with Gasteiger partial charge in [0, 0.05) is 0 Å². The van der Waals surface area contributed by atoms with Crippen LogP contribution in [-0.4, -0.2) is 63.0 Å². The lowest BCUT2D eigenvalue weighted by molar-refractivity contribution is -0.381. The molecule has 0 bridgehead atoms. The number of hydrogen-bond acceptors (Lipinski definition) is 7. The largest absolute Gasteiger partial charge is 0.394 e. The van der Waals surface area contributed by atoms with E-state index in [2.05, 4.69) is 9.62 Å². The normalized spacial score (nSPS) is 46.4. The van der Waals surface area contributed by atoms with Crippen LogP contribution in [0.4, 0.5) is 0 Å². The van der Waals surface area contributed by atoms with Crippen LogP contribution in [0.2, 0.25) is 0 Å². The van der Waals surface area contributed by atoms with Gasteiger partial charge in [0.05, 0.1) is 6.61 Å². The van der Waals surface area contributed by atoms with E-state index in [4.69, 9.17) is 15.5 Å². The van der Waals surface area contributed by atoms with E-state index in [1.54, 1.807) is 0 Å². The van der Waals surface area contributed by atoms with Crippen LogP contribution in [0, 0.1) is 0 Å². The zero-order valence-corrected chi connectivity index (χ0v) is 6.65. The second-order valence-electron chi connectivity index (χ2n) is 2.80. The fraction of sp³-hybridized carbons (Fsp3) is 1.00. The molecule has 0 aromatic rings. The minimum Gasteiger partial charge on any atom is -0.394 e. The second kappa shape index (κ2) is 4.29. The maximum absolute atomic E-state index is 9.22. The van der Waals surface area contributed by atoms with Crippen molar-refractivity contribution in [1.82, 2.24) is 0 Å². The summed E-state index contributed by atoms with van der Waals surface area (Å²) >= 11 is 0. The first-order chi connectivity index (χ1) is 6.11. The molecule has 0 aromatic heterocycles. The summed E-state index contributed by atoms with van der Waals surface area (Å²) in [6.45, 7) is -0.548. The molecule has 0 aromatic carbocycles. The summed E-state index contributed by atoms with van der Waals surface area (Å²) in [5, 5.41) is 44.4. The number of aliphatic hydroxyl groups excluding tert-OH is 4. The SMILES string of the molecule is OCC1OC(O)C(OO)C(O)C1O. The van der Waals surface area contributed by atoms with E-state index in [-0.39, 0.29) is 0 Å². The van der Waals surface area contributed by atoms with Gasteiger partial charge >= 0.3 is 0 Å². The predicted molar refractivity (Wildman–Crippen MR) is 37.5 cm³/mol. The van der Waals surface area contributed by atoms with Crippen molar-refractivity contribution in [2.24, 2.45) is 0 Å². The highest BCUT2D eigenvalue weighted by molar-refractivity contribution is 4.88. The monoisotopic (exact) mass is 196 g/mol. The highest BCUT2D eigenvalue weighted by atomic mass is 17.1. The maximum atomic E-state index is 9.22. The first-order valence-electron chi connectivity index (χ1n) is 3.72. The van der Waals surface area contributed by atoms with Gasteiger partial charge in [0.25, 0.3) is 0 Å². The molecule has 1 aliphatic heterocycles. The fourth-order valence-corrected chi connectivity index (χ4v) is 1.19. The first kappa shape index (κ1) is 10.8. The van der Waals surface area contributed by atoms with Gasteiger partial charge in [-0.1, -0.05) is 0 Å². The summed E-state index contributed by atoms with van der Waals surface area (Å²) in [5.74, 6) is 0. The molecule has 13 heavy (non-hydrogen) atoms. The Morgan fingerprint density at radius 2 is 1.77 bits per heavy atom. The quantitative estimate of drug-likeness (QED) is 0.240. The van der Waals surface area contributed by atoms with Gasteiger partial charge in [-0.15, -0.1) is 0 Å². The molecule has 0 saturated carbocycles. The van der Waals surface area contributed by atoms with Gasteiger partial charge in [0.15, 0.2) is 12.4 Å². The zero-order chi connectivity index (χ0) is 10.0. The van der Waals surface area contributed by atoms with E-state index < -0.39 is 37.3 Å². The molecule has 7 heteroatoms. The van der Waals surface area contributed by atoms with E-state index in [0.717, 1.165) is 0 Å². The molecule has 5 N–H and O–H groups in total. The summed E-state index contributed by atoms with van der Waals surface area (Å²) in [7, 11) is 0. The van der Waals surface area contributed by atoms with E-state index in [1.807, 2.05) is 0 Å². The smallest absolute Gasteiger partial charge is 0.187 e. The molecule has 0 radical (unpaired) electrons. The Hall–Kier alpha value is -0.280. The molecule has 1 aliphatic rings. The van der Waals surface area contributed by atoms with Crippen LogP contribution < -0.4 is 0 Å². The van der Waals surface area contributed by atoms with Crippen LogP contribution in [0.1, 0.15) is 0 Å². The van der Waals surface area contributed by atoms with Crippen molar-refractivity contribution in [3.05, 3.63) is 0 Å². The van der Waals surface area contributed by atoms with Crippen molar-refractivity contribution < 1.29 is 35.3 Å². The summed E-state index contributed by atoms with van der Waals surface area (Å²) in [6.07, 6.45) is -7.02. The highest BCUT2D eigenvalue weighted by Crippen LogP contribution is 2.21. The van der Waals surface area contributed by atoms with Gasteiger partial charge in [0.1, 0.15) is 18.3 Å². The van der Waals surface area contributed by atoms with Crippen LogP contribution in [0.15, 0.2) is 0 Å². The maximum Gasteiger partial charge on any atom is 0.187 e. The van der Waals surface area contributed by atoms with Gasteiger partial charge in [-0.25, -0.2) is 4.89 Å². The van der Waals surface area contributed by atoms with E-state index >= 15 is 0 Å². The van der Waals surface area contributed by atoms with Crippen LogP contribution >= 0.6 is 0 Å². The van der Waals surface area contributed by atoms with Crippen molar-refractivity contribution in [2.45, 2.75) is 30.7 Å². The lowest BCUT2D eigenvalue weighted by Crippen LogP contribution is -2.59. The van der Waals surface area contributed by atoms with Crippen LogP contribution in [0.3, 0.4) is 0 Å². The second-order valence-corrected chi connectivity index (χ2v) is 2.80. The Morgan fingerprint density at radius 1 is 1.15 bits per heavy atom. The Labute approximate surface area is 73.7 Å². The molecule has 1 saturated heterocycles. The fourth-order valence-electron chi connectivity index (χ4n) is 1.19. The van der Waals surface area contributed by atoms with Crippen molar-refractivity contribution in [3.8, 4) is 0 Å². The Bertz CT molecular complexity index is 163. The molecule has 0 amide bonds. The van der Waals surface area contributed by atoms with Gasteiger partial charge in [-0.2, -0.15) is 0 Å². The molecular formula is C6H12O7. The minimum absolute atomic E-state index is 0.548. The van der Waals surface area contributed by atoms with Gasteiger partial charge in [0.2, 0.25) is 0 Å².